The number of rotatable bonds is 4. The third-order valence-electron chi connectivity index (χ3n) is 3.93. The number of nitrogens with one attached hydrogen (secondary N) is 1. The first kappa shape index (κ1) is 15.2. The van der Waals surface area contributed by atoms with Gasteiger partial charge in [-0.3, -0.25) is 4.79 Å². The molecule has 0 bridgehead atoms. The molecule has 1 aliphatic rings. The minimum atomic E-state index is -1.25. The number of hydrogen-bond donors (Lipinski definition) is 3. The molecule has 0 aromatic heterocycles. The monoisotopic (exact) mass is 293 g/mol. The quantitative estimate of drug-likeness (QED) is 0.788. The highest BCUT2D eigenvalue weighted by atomic mass is 16.5. The van der Waals surface area contributed by atoms with Crippen LogP contribution in [0.15, 0.2) is 18.2 Å². The number of aliphatic carboxylic acids is 1. The molecule has 2 rings (SSSR count). The van der Waals surface area contributed by atoms with Gasteiger partial charge in [0.15, 0.2) is 11.5 Å². The van der Waals surface area contributed by atoms with E-state index in [2.05, 4.69) is 5.32 Å². The molecule has 1 aliphatic carbocycles. The Morgan fingerprint density at radius 2 is 1.90 bits per heavy atom. The van der Waals surface area contributed by atoms with Crippen LogP contribution in [-0.4, -0.2) is 34.7 Å². The molecule has 0 aliphatic heterocycles. The van der Waals surface area contributed by atoms with Crippen LogP contribution in [0, 0.1) is 0 Å². The van der Waals surface area contributed by atoms with E-state index in [1.54, 1.807) is 6.07 Å². The fourth-order valence-electron chi connectivity index (χ4n) is 2.70. The average molecular weight is 293 g/mol. The van der Waals surface area contributed by atoms with E-state index < -0.39 is 17.4 Å². The van der Waals surface area contributed by atoms with Crippen LogP contribution in [0.5, 0.6) is 11.5 Å². The van der Waals surface area contributed by atoms with Gasteiger partial charge in [-0.15, -0.1) is 0 Å². The van der Waals surface area contributed by atoms with Gasteiger partial charge in [0.2, 0.25) is 0 Å². The second-order valence-electron chi connectivity index (χ2n) is 5.26. The summed E-state index contributed by atoms with van der Waals surface area (Å²) >= 11 is 0. The van der Waals surface area contributed by atoms with Gasteiger partial charge in [-0.2, -0.15) is 0 Å². The maximum atomic E-state index is 12.3. The SMILES string of the molecule is COc1cccc(C(=O)NC2(C(=O)O)CCCCC2)c1O. The smallest absolute Gasteiger partial charge is 0.329 e. The van der Waals surface area contributed by atoms with Gasteiger partial charge in [0, 0.05) is 0 Å². The molecule has 1 saturated carbocycles. The fraction of sp³-hybridized carbons (Fsp3) is 0.467. The average Bonchev–Trinajstić information content (AvgIpc) is 2.48. The van der Waals surface area contributed by atoms with Crippen molar-refractivity contribution in [3.05, 3.63) is 23.8 Å². The molecule has 1 aromatic rings. The predicted molar refractivity (Wildman–Crippen MR) is 75.6 cm³/mol. The normalized spacial score (nSPS) is 17.0. The molecule has 6 heteroatoms. The summed E-state index contributed by atoms with van der Waals surface area (Å²) in [6.07, 6.45) is 3.29. The zero-order valence-corrected chi connectivity index (χ0v) is 11.9. The second kappa shape index (κ2) is 6.03. The van der Waals surface area contributed by atoms with E-state index in [4.69, 9.17) is 4.74 Å². The number of ether oxygens (including phenoxy) is 1. The van der Waals surface area contributed by atoms with E-state index in [0.717, 1.165) is 19.3 Å². The van der Waals surface area contributed by atoms with E-state index in [1.165, 1.54) is 19.2 Å². The molecule has 1 amide bonds. The zero-order valence-electron chi connectivity index (χ0n) is 11.9. The molecule has 0 unspecified atom stereocenters. The van der Waals surface area contributed by atoms with E-state index >= 15 is 0 Å². The van der Waals surface area contributed by atoms with Crippen LogP contribution < -0.4 is 10.1 Å². The van der Waals surface area contributed by atoms with Crippen molar-refractivity contribution in [2.24, 2.45) is 0 Å². The largest absolute Gasteiger partial charge is 0.504 e. The molecular formula is C15H19NO5. The molecule has 0 atom stereocenters. The Kier molecular flexibility index (Phi) is 4.35. The predicted octanol–water partition coefficient (Wildman–Crippen LogP) is 1.92. The Morgan fingerprint density at radius 1 is 1.24 bits per heavy atom. The van der Waals surface area contributed by atoms with Crippen molar-refractivity contribution in [2.45, 2.75) is 37.6 Å². The molecule has 0 radical (unpaired) electrons. The number of phenolic OH excluding ortho intramolecular Hbond substituents is 1. The maximum absolute atomic E-state index is 12.3. The first-order valence-electron chi connectivity index (χ1n) is 6.92. The molecule has 3 N–H and O–H groups in total. The lowest BCUT2D eigenvalue weighted by Gasteiger charge is -2.34. The minimum absolute atomic E-state index is 0.0144. The van der Waals surface area contributed by atoms with Gasteiger partial charge in [0.1, 0.15) is 5.54 Å². The van der Waals surface area contributed by atoms with Crippen LogP contribution in [0.4, 0.5) is 0 Å². The topological polar surface area (TPSA) is 95.9 Å². The second-order valence-corrected chi connectivity index (χ2v) is 5.26. The number of para-hydroxylation sites is 1. The number of carbonyl (C=O) groups is 2. The summed E-state index contributed by atoms with van der Waals surface area (Å²) in [6.45, 7) is 0. The number of aromatic hydroxyl groups is 1. The van der Waals surface area contributed by atoms with Gasteiger partial charge in [-0.25, -0.2) is 4.79 Å². The van der Waals surface area contributed by atoms with Gasteiger partial charge in [0.05, 0.1) is 12.7 Å². The molecule has 114 valence electrons. The molecule has 6 nitrogen and oxygen atoms in total. The number of carbonyl (C=O) groups excluding carboxylic acids is 1. The molecule has 0 saturated heterocycles. The Balaban J connectivity index is 2.26. The summed E-state index contributed by atoms with van der Waals surface area (Å²) < 4.78 is 4.95. The summed E-state index contributed by atoms with van der Waals surface area (Å²) in [5.74, 6) is -1.74. The van der Waals surface area contributed by atoms with Crippen molar-refractivity contribution in [3.8, 4) is 11.5 Å². The van der Waals surface area contributed by atoms with Crippen molar-refractivity contribution in [2.75, 3.05) is 7.11 Å². The summed E-state index contributed by atoms with van der Waals surface area (Å²) in [5.41, 5.74) is -1.23. The number of amides is 1. The van der Waals surface area contributed by atoms with Crippen molar-refractivity contribution in [1.29, 1.82) is 0 Å². The molecular weight excluding hydrogens is 274 g/mol. The fourth-order valence-corrected chi connectivity index (χ4v) is 2.70. The number of benzene rings is 1. The van der Waals surface area contributed by atoms with Crippen molar-refractivity contribution in [3.63, 3.8) is 0 Å². The van der Waals surface area contributed by atoms with Crippen LogP contribution in [-0.2, 0) is 4.79 Å². The van der Waals surface area contributed by atoms with E-state index in [1.807, 2.05) is 0 Å². The van der Waals surface area contributed by atoms with Crippen LogP contribution >= 0.6 is 0 Å². The van der Waals surface area contributed by atoms with Crippen LogP contribution in [0.1, 0.15) is 42.5 Å². The van der Waals surface area contributed by atoms with Crippen LogP contribution in [0.2, 0.25) is 0 Å². The first-order valence-corrected chi connectivity index (χ1v) is 6.92. The molecule has 1 fully saturated rings. The van der Waals surface area contributed by atoms with Gasteiger partial charge in [-0.05, 0) is 25.0 Å². The lowest BCUT2D eigenvalue weighted by Crippen LogP contribution is -2.55. The lowest BCUT2D eigenvalue weighted by atomic mass is 9.81. The first-order chi connectivity index (χ1) is 10.00. The number of carboxylic acid groups (broad SMARTS) is 1. The highest BCUT2D eigenvalue weighted by Gasteiger charge is 2.41. The van der Waals surface area contributed by atoms with Crippen molar-refractivity contribution in [1.82, 2.24) is 5.32 Å². The highest BCUT2D eigenvalue weighted by molar-refractivity contribution is 6.00. The van der Waals surface area contributed by atoms with Gasteiger partial charge in [0.25, 0.3) is 5.91 Å². The van der Waals surface area contributed by atoms with Crippen molar-refractivity contribution < 1.29 is 24.5 Å². The number of hydrogen-bond acceptors (Lipinski definition) is 4. The van der Waals surface area contributed by atoms with Crippen LogP contribution in [0.3, 0.4) is 0 Å². The Labute approximate surface area is 122 Å². The van der Waals surface area contributed by atoms with E-state index in [0.29, 0.717) is 12.8 Å². The molecule has 0 heterocycles. The highest BCUT2D eigenvalue weighted by Crippen LogP contribution is 2.32. The molecule has 1 aromatic carbocycles. The summed E-state index contributed by atoms with van der Waals surface area (Å²) in [5, 5.41) is 22.0. The maximum Gasteiger partial charge on any atom is 0.329 e. The third-order valence-corrected chi connectivity index (χ3v) is 3.93. The van der Waals surface area contributed by atoms with Crippen molar-refractivity contribution >= 4 is 11.9 Å². The van der Waals surface area contributed by atoms with E-state index in [9.17, 15) is 19.8 Å². The van der Waals surface area contributed by atoms with Gasteiger partial charge >= 0.3 is 5.97 Å². The Bertz CT molecular complexity index is 549. The summed E-state index contributed by atoms with van der Waals surface area (Å²) in [7, 11) is 1.39. The van der Waals surface area contributed by atoms with Gasteiger partial charge < -0.3 is 20.3 Å². The Hall–Kier alpha value is -2.24. The Morgan fingerprint density at radius 3 is 2.48 bits per heavy atom. The molecule has 0 spiro atoms. The summed E-state index contributed by atoms with van der Waals surface area (Å²) in [6, 6.07) is 4.53. The van der Waals surface area contributed by atoms with Crippen LogP contribution in [0.25, 0.3) is 0 Å². The number of phenols is 1. The number of methoxy groups -OCH3 is 1. The van der Waals surface area contributed by atoms with Gasteiger partial charge in [-0.1, -0.05) is 25.3 Å². The summed E-state index contributed by atoms with van der Waals surface area (Å²) in [4.78, 5) is 23.9. The lowest BCUT2D eigenvalue weighted by molar-refractivity contribution is -0.145. The standard InChI is InChI=1S/C15H19NO5/c1-21-11-7-5-6-10(12(11)17)13(18)16-15(14(19)20)8-3-2-4-9-15/h5-7,17H,2-4,8-9H2,1H3,(H,16,18)(H,19,20). The molecule has 21 heavy (non-hydrogen) atoms. The minimum Gasteiger partial charge on any atom is -0.504 e. The van der Waals surface area contributed by atoms with E-state index in [-0.39, 0.29) is 17.1 Å². The third kappa shape index (κ3) is 2.94. The number of carboxylic acids is 1. The zero-order chi connectivity index (χ0) is 15.5.